The lowest BCUT2D eigenvalue weighted by Gasteiger charge is -2.07. The average Bonchev–Trinajstić information content (AvgIpc) is 2.28. The number of amides is 1. The van der Waals surface area contributed by atoms with Crippen LogP contribution in [0.25, 0.3) is 0 Å². The summed E-state index contributed by atoms with van der Waals surface area (Å²) in [4.78, 5) is 22.3. The summed E-state index contributed by atoms with van der Waals surface area (Å²) in [5, 5.41) is 2.60. The number of hydrogen-bond acceptors (Lipinski definition) is 3. The van der Waals surface area contributed by atoms with Crippen molar-refractivity contribution >= 4 is 17.6 Å². The van der Waals surface area contributed by atoms with Gasteiger partial charge in [0, 0.05) is 12.6 Å². The largest absolute Gasteiger partial charge is 0.446 e. The Morgan fingerprint density at radius 1 is 1.35 bits per heavy atom. The minimum Gasteiger partial charge on any atom is -0.446 e. The minimum atomic E-state index is -0.558. The third kappa shape index (κ3) is 3.99. The summed E-state index contributed by atoms with van der Waals surface area (Å²) >= 11 is 0. The van der Waals surface area contributed by atoms with Gasteiger partial charge in [0.1, 0.15) is 0 Å². The zero-order valence-corrected chi connectivity index (χ0v) is 9.69. The van der Waals surface area contributed by atoms with Gasteiger partial charge in [-0.25, -0.2) is 4.79 Å². The van der Waals surface area contributed by atoms with E-state index in [0.29, 0.717) is 11.3 Å². The maximum atomic E-state index is 11.5. The molecule has 4 heteroatoms. The Kier molecular flexibility index (Phi) is 4.29. The summed E-state index contributed by atoms with van der Waals surface area (Å²) in [6.45, 7) is 3.03. The van der Waals surface area contributed by atoms with Gasteiger partial charge in [-0.05, 0) is 31.2 Å². The molecule has 0 saturated carbocycles. The zero-order chi connectivity index (χ0) is 12.8. The molecule has 0 saturated heterocycles. The average molecular weight is 231 g/mol. The van der Waals surface area contributed by atoms with E-state index in [9.17, 15) is 9.59 Å². The lowest BCUT2D eigenvalue weighted by molar-refractivity contribution is -0.114. The van der Waals surface area contributed by atoms with E-state index in [2.05, 4.69) is 11.2 Å². The Bertz CT molecular complexity index is 457. The predicted molar refractivity (Wildman–Crippen MR) is 64.5 cm³/mol. The minimum absolute atomic E-state index is 0.165. The molecule has 1 amide bonds. The van der Waals surface area contributed by atoms with Gasteiger partial charge in [-0.1, -0.05) is 5.92 Å². The van der Waals surface area contributed by atoms with E-state index in [0.717, 1.165) is 0 Å². The third-order valence-electron chi connectivity index (χ3n) is 1.96. The van der Waals surface area contributed by atoms with Crippen LogP contribution in [-0.2, 0) is 9.53 Å². The Morgan fingerprint density at radius 2 is 1.94 bits per heavy atom. The monoisotopic (exact) mass is 231 g/mol. The Balaban J connectivity index is 2.71. The molecule has 0 radical (unpaired) electrons. The van der Waals surface area contributed by atoms with E-state index < -0.39 is 12.1 Å². The highest BCUT2D eigenvalue weighted by Crippen LogP contribution is 2.11. The van der Waals surface area contributed by atoms with Crippen LogP contribution in [-0.4, -0.2) is 18.0 Å². The molecule has 0 spiro atoms. The van der Waals surface area contributed by atoms with Crippen LogP contribution in [0, 0.1) is 12.3 Å². The van der Waals surface area contributed by atoms with E-state index >= 15 is 0 Å². The Labute approximate surface area is 100.0 Å². The van der Waals surface area contributed by atoms with E-state index in [1.165, 1.54) is 6.92 Å². The molecule has 0 fully saturated rings. The van der Waals surface area contributed by atoms with Gasteiger partial charge in [0.25, 0.3) is 0 Å². The van der Waals surface area contributed by atoms with Gasteiger partial charge in [-0.2, -0.15) is 0 Å². The van der Waals surface area contributed by atoms with Crippen LogP contribution < -0.4 is 5.32 Å². The van der Waals surface area contributed by atoms with Crippen molar-refractivity contribution in [3.05, 3.63) is 29.8 Å². The SMILES string of the molecule is C#CC(C)OC(=O)c1ccc(NC(C)=O)cc1. The fraction of sp³-hybridized carbons (Fsp3) is 0.231. The molecule has 1 aromatic rings. The molecule has 1 unspecified atom stereocenters. The van der Waals surface area contributed by atoms with Crippen molar-refractivity contribution in [2.24, 2.45) is 0 Å². The first-order valence-corrected chi connectivity index (χ1v) is 5.07. The van der Waals surface area contributed by atoms with E-state index in [1.807, 2.05) is 0 Å². The summed E-state index contributed by atoms with van der Waals surface area (Å²) in [7, 11) is 0. The Hall–Kier alpha value is -2.28. The molecular formula is C13H13NO3. The van der Waals surface area contributed by atoms with Crippen molar-refractivity contribution in [3.8, 4) is 12.3 Å². The lowest BCUT2D eigenvalue weighted by Crippen LogP contribution is -2.13. The molecule has 0 bridgehead atoms. The first-order valence-electron chi connectivity index (χ1n) is 5.07. The molecule has 1 rings (SSSR count). The van der Waals surface area contributed by atoms with Crippen LogP contribution in [0.3, 0.4) is 0 Å². The molecule has 0 aromatic heterocycles. The normalized spacial score (nSPS) is 11.1. The van der Waals surface area contributed by atoms with Gasteiger partial charge in [-0.3, -0.25) is 4.79 Å². The molecule has 88 valence electrons. The van der Waals surface area contributed by atoms with Crippen molar-refractivity contribution in [3.63, 3.8) is 0 Å². The Morgan fingerprint density at radius 3 is 2.41 bits per heavy atom. The molecule has 1 N–H and O–H groups in total. The number of benzene rings is 1. The number of esters is 1. The van der Waals surface area contributed by atoms with Crippen molar-refractivity contribution < 1.29 is 14.3 Å². The van der Waals surface area contributed by atoms with Crippen molar-refractivity contribution in [2.45, 2.75) is 20.0 Å². The first-order chi connectivity index (χ1) is 8.02. The number of anilines is 1. The van der Waals surface area contributed by atoms with Gasteiger partial charge >= 0.3 is 5.97 Å². The molecule has 0 aliphatic heterocycles. The molecule has 0 aliphatic carbocycles. The second kappa shape index (κ2) is 5.71. The number of carbonyl (C=O) groups is 2. The van der Waals surface area contributed by atoms with Crippen LogP contribution in [0.1, 0.15) is 24.2 Å². The summed E-state index contributed by atoms with van der Waals surface area (Å²) in [5.74, 6) is 1.66. The maximum absolute atomic E-state index is 11.5. The number of carbonyl (C=O) groups excluding carboxylic acids is 2. The fourth-order valence-corrected chi connectivity index (χ4v) is 1.16. The molecule has 4 nitrogen and oxygen atoms in total. The molecule has 1 aromatic carbocycles. The van der Waals surface area contributed by atoms with Gasteiger partial charge in [0.15, 0.2) is 6.10 Å². The standard InChI is InChI=1S/C13H13NO3/c1-4-9(2)17-13(16)11-5-7-12(8-6-11)14-10(3)15/h1,5-9H,2-3H3,(H,14,15). The van der Waals surface area contributed by atoms with Crippen molar-refractivity contribution in [1.29, 1.82) is 0 Å². The highest BCUT2D eigenvalue weighted by molar-refractivity contribution is 5.92. The summed E-state index contributed by atoms with van der Waals surface area (Å²) in [6, 6.07) is 6.38. The zero-order valence-electron chi connectivity index (χ0n) is 9.69. The maximum Gasteiger partial charge on any atom is 0.339 e. The van der Waals surface area contributed by atoms with Crippen LogP contribution in [0.4, 0.5) is 5.69 Å². The molecule has 0 aliphatic rings. The van der Waals surface area contributed by atoms with E-state index in [-0.39, 0.29) is 5.91 Å². The van der Waals surface area contributed by atoms with Crippen molar-refractivity contribution in [1.82, 2.24) is 0 Å². The van der Waals surface area contributed by atoms with E-state index in [4.69, 9.17) is 11.2 Å². The number of terminal acetylenes is 1. The van der Waals surface area contributed by atoms with Crippen LogP contribution >= 0.6 is 0 Å². The molecule has 0 heterocycles. The van der Waals surface area contributed by atoms with Crippen LogP contribution in [0.5, 0.6) is 0 Å². The summed E-state index contributed by atoms with van der Waals surface area (Å²) in [5.41, 5.74) is 1.01. The molecule has 1 atom stereocenters. The van der Waals surface area contributed by atoms with E-state index in [1.54, 1.807) is 31.2 Å². The quantitative estimate of drug-likeness (QED) is 0.637. The van der Waals surface area contributed by atoms with Crippen LogP contribution in [0.2, 0.25) is 0 Å². The molecule has 17 heavy (non-hydrogen) atoms. The highest BCUT2D eigenvalue weighted by Gasteiger charge is 2.09. The third-order valence-corrected chi connectivity index (χ3v) is 1.96. The van der Waals surface area contributed by atoms with Gasteiger partial charge < -0.3 is 10.1 Å². The smallest absolute Gasteiger partial charge is 0.339 e. The van der Waals surface area contributed by atoms with Crippen LogP contribution in [0.15, 0.2) is 24.3 Å². The van der Waals surface area contributed by atoms with Crippen molar-refractivity contribution in [2.75, 3.05) is 5.32 Å². The lowest BCUT2D eigenvalue weighted by atomic mass is 10.2. The van der Waals surface area contributed by atoms with Gasteiger partial charge in [0.05, 0.1) is 5.56 Å². The predicted octanol–water partition coefficient (Wildman–Crippen LogP) is 1.82. The number of rotatable bonds is 3. The molecular weight excluding hydrogens is 218 g/mol. The summed E-state index contributed by atoms with van der Waals surface area (Å²) < 4.78 is 4.94. The second-order valence-corrected chi connectivity index (χ2v) is 3.47. The fourth-order valence-electron chi connectivity index (χ4n) is 1.16. The number of ether oxygens (including phenoxy) is 1. The first kappa shape index (κ1) is 12.8. The topological polar surface area (TPSA) is 55.4 Å². The number of nitrogens with one attached hydrogen (secondary N) is 1. The highest BCUT2D eigenvalue weighted by atomic mass is 16.5. The summed E-state index contributed by atoms with van der Waals surface area (Å²) in [6.07, 6.45) is 4.54. The second-order valence-electron chi connectivity index (χ2n) is 3.47. The number of hydrogen-bond donors (Lipinski definition) is 1. The van der Waals surface area contributed by atoms with Gasteiger partial charge in [-0.15, -0.1) is 6.42 Å². The van der Waals surface area contributed by atoms with Gasteiger partial charge in [0.2, 0.25) is 5.91 Å².